The maximum atomic E-state index is 12.8. The number of rotatable bonds is 2. The number of amides is 1. The summed E-state index contributed by atoms with van der Waals surface area (Å²) in [6.45, 7) is 4.85. The van der Waals surface area contributed by atoms with Crippen LogP contribution in [0.5, 0.6) is 0 Å². The SMILES string of the molecule is CC1(C)C2OCCCC2C1(N)C(=O)Nc1cccc(I)c1. The highest BCUT2D eigenvalue weighted by Crippen LogP contribution is 2.57. The second kappa shape index (κ2) is 5.21. The Morgan fingerprint density at radius 1 is 1.48 bits per heavy atom. The number of carbonyl (C=O) groups is 1. The molecular formula is C16H21IN2O2. The molecule has 1 saturated carbocycles. The first-order valence-corrected chi connectivity index (χ1v) is 8.43. The number of ether oxygens (including phenoxy) is 1. The van der Waals surface area contributed by atoms with E-state index in [1.165, 1.54) is 0 Å². The van der Waals surface area contributed by atoms with Gasteiger partial charge in [0, 0.05) is 27.2 Å². The quantitative estimate of drug-likeness (QED) is 0.751. The van der Waals surface area contributed by atoms with Crippen LogP contribution in [0, 0.1) is 14.9 Å². The van der Waals surface area contributed by atoms with Gasteiger partial charge in [-0.05, 0) is 53.6 Å². The van der Waals surface area contributed by atoms with Crippen molar-refractivity contribution in [2.45, 2.75) is 38.3 Å². The molecule has 1 aliphatic carbocycles. The van der Waals surface area contributed by atoms with Crippen LogP contribution in [-0.4, -0.2) is 24.2 Å². The molecule has 21 heavy (non-hydrogen) atoms. The standard InChI is InChI=1S/C16H21IN2O2/c1-15(2)13-12(7-4-8-21-13)16(15,18)14(20)19-11-6-3-5-10(17)9-11/h3,5-6,9,12-13H,4,7-8,18H2,1-2H3,(H,19,20). The van der Waals surface area contributed by atoms with Gasteiger partial charge in [-0.25, -0.2) is 0 Å². The summed E-state index contributed by atoms with van der Waals surface area (Å²) < 4.78 is 6.93. The molecule has 0 spiro atoms. The number of fused-ring (bicyclic) bond motifs is 1. The third-order valence-electron chi connectivity index (χ3n) is 5.14. The molecule has 3 N–H and O–H groups in total. The predicted octanol–water partition coefficient (Wildman–Crippen LogP) is 2.76. The molecule has 3 rings (SSSR count). The number of hydrogen-bond donors (Lipinski definition) is 2. The van der Waals surface area contributed by atoms with Crippen molar-refractivity contribution < 1.29 is 9.53 Å². The molecule has 1 saturated heterocycles. The van der Waals surface area contributed by atoms with Crippen LogP contribution in [0.1, 0.15) is 26.7 Å². The number of nitrogens with two attached hydrogens (primary N) is 1. The van der Waals surface area contributed by atoms with Crippen molar-refractivity contribution in [3.05, 3.63) is 27.8 Å². The first kappa shape index (κ1) is 15.2. The van der Waals surface area contributed by atoms with Crippen LogP contribution < -0.4 is 11.1 Å². The zero-order chi connectivity index (χ0) is 15.3. The van der Waals surface area contributed by atoms with Crippen LogP contribution in [0.25, 0.3) is 0 Å². The van der Waals surface area contributed by atoms with Crippen molar-refractivity contribution in [2.75, 3.05) is 11.9 Å². The third-order valence-corrected chi connectivity index (χ3v) is 5.81. The monoisotopic (exact) mass is 400 g/mol. The first-order chi connectivity index (χ1) is 9.87. The lowest BCUT2D eigenvalue weighted by Gasteiger charge is -2.65. The molecule has 1 aromatic rings. The van der Waals surface area contributed by atoms with Gasteiger partial charge in [-0.1, -0.05) is 19.9 Å². The molecular weight excluding hydrogens is 379 g/mol. The van der Waals surface area contributed by atoms with E-state index >= 15 is 0 Å². The van der Waals surface area contributed by atoms with Crippen LogP contribution in [0.2, 0.25) is 0 Å². The normalized spacial score (nSPS) is 33.7. The van der Waals surface area contributed by atoms with E-state index in [4.69, 9.17) is 10.5 Å². The van der Waals surface area contributed by atoms with E-state index in [9.17, 15) is 4.79 Å². The van der Waals surface area contributed by atoms with Crippen LogP contribution in [0.3, 0.4) is 0 Å². The smallest absolute Gasteiger partial charge is 0.245 e. The molecule has 5 heteroatoms. The molecule has 0 aromatic heterocycles. The first-order valence-electron chi connectivity index (χ1n) is 7.35. The van der Waals surface area contributed by atoms with Crippen molar-refractivity contribution in [2.24, 2.45) is 17.1 Å². The van der Waals surface area contributed by atoms with Gasteiger partial charge in [-0.3, -0.25) is 4.79 Å². The fourth-order valence-corrected chi connectivity index (χ4v) is 4.38. The van der Waals surface area contributed by atoms with Crippen molar-refractivity contribution in [1.29, 1.82) is 0 Å². The number of hydrogen-bond acceptors (Lipinski definition) is 3. The molecule has 2 fully saturated rings. The summed E-state index contributed by atoms with van der Waals surface area (Å²) in [7, 11) is 0. The molecule has 1 amide bonds. The summed E-state index contributed by atoms with van der Waals surface area (Å²) in [5, 5.41) is 2.99. The average molecular weight is 400 g/mol. The largest absolute Gasteiger partial charge is 0.377 e. The Morgan fingerprint density at radius 3 is 2.95 bits per heavy atom. The summed E-state index contributed by atoms with van der Waals surface area (Å²) in [5.74, 6) is 0.0188. The number of nitrogens with one attached hydrogen (secondary N) is 1. The van der Waals surface area contributed by atoms with E-state index in [-0.39, 0.29) is 23.3 Å². The molecule has 1 aliphatic heterocycles. The fourth-order valence-electron chi connectivity index (χ4n) is 3.84. The zero-order valence-electron chi connectivity index (χ0n) is 12.4. The summed E-state index contributed by atoms with van der Waals surface area (Å²) in [6, 6.07) is 7.76. The van der Waals surface area contributed by atoms with E-state index in [2.05, 4.69) is 27.9 Å². The van der Waals surface area contributed by atoms with Gasteiger partial charge in [0.15, 0.2) is 0 Å². The van der Waals surface area contributed by atoms with Crippen molar-refractivity contribution in [3.63, 3.8) is 0 Å². The van der Waals surface area contributed by atoms with Gasteiger partial charge in [0.25, 0.3) is 0 Å². The molecule has 1 heterocycles. The maximum absolute atomic E-state index is 12.8. The van der Waals surface area contributed by atoms with E-state index in [0.29, 0.717) is 0 Å². The van der Waals surface area contributed by atoms with Gasteiger partial charge in [0.05, 0.1) is 6.10 Å². The van der Waals surface area contributed by atoms with Gasteiger partial charge < -0.3 is 15.8 Å². The Bertz CT molecular complexity index is 575. The lowest BCUT2D eigenvalue weighted by atomic mass is 9.46. The second-order valence-electron chi connectivity index (χ2n) is 6.60. The van der Waals surface area contributed by atoms with E-state index < -0.39 is 5.54 Å². The molecule has 3 atom stereocenters. The fraction of sp³-hybridized carbons (Fsp3) is 0.562. The van der Waals surface area contributed by atoms with Crippen LogP contribution in [0.15, 0.2) is 24.3 Å². The van der Waals surface area contributed by atoms with Crippen molar-refractivity contribution in [1.82, 2.24) is 0 Å². The van der Waals surface area contributed by atoms with Gasteiger partial charge in [-0.15, -0.1) is 0 Å². The molecule has 1 aromatic carbocycles. The Morgan fingerprint density at radius 2 is 2.24 bits per heavy atom. The number of anilines is 1. The average Bonchev–Trinajstić information content (AvgIpc) is 2.46. The molecule has 2 aliphatic rings. The summed E-state index contributed by atoms with van der Waals surface area (Å²) >= 11 is 2.23. The minimum atomic E-state index is -0.862. The highest BCUT2D eigenvalue weighted by molar-refractivity contribution is 14.1. The van der Waals surface area contributed by atoms with Gasteiger partial charge in [0.2, 0.25) is 5.91 Å². The highest BCUT2D eigenvalue weighted by atomic mass is 127. The maximum Gasteiger partial charge on any atom is 0.245 e. The summed E-state index contributed by atoms with van der Waals surface area (Å²) in [5.41, 5.74) is 6.16. The Labute approximate surface area is 138 Å². The lowest BCUT2D eigenvalue weighted by molar-refractivity contribution is -0.222. The molecule has 114 valence electrons. The zero-order valence-corrected chi connectivity index (χ0v) is 14.5. The Hall–Kier alpha value is -0.660. The van der Waals surface area contributed by atoms with Crippen molar-refractivity contribution in [3.8, 4) is 0 Å². The molecule has 0 radical (unpaired) electrons. The minimum absolute atomic E-state index is 0.0953. The number of carbonyl (C=O) groups excluding carboxylic acids is 1. The Balaban J connectivity index is 1.83. The molecule has 0 bridgehead atoms. The highest BCUT2D eigenvalue weighted by Gasteiger charge is 2.70. The topological polar surface area (TPSA) is 64.3 Å². The van der Waals surface area contributed by atoms with E-state index in [1.807, 2.05) is 38.1 Å². The molecule has 4 nitrogen and oxygen atoms in total. The molecule has 3 unspecified atom stereocenters. The van der Waals surface area contributed by atoms with Gasteiger partial charge in [-0.2, -0.15) is 0 Å². The lowest BCUT2D eigenvalue weighted by Crippen LogP contribution is -2.81. The van der Waals surface area contributed by atoms with E-state index in [1.54, 1.807) is 0 Å². The third kappa shape index (κ3) is 2.21. The van der Waals surface area contributed by atoms with Crippen LogP contribution >= 0.6 is 22.6 Å². The van der Waals surface area contributed by atoms with E-state index in [0.717, 1.165) is 28.7 Å². The van der Waals surface area contributed by atoms with Gasteiger partial charge in [0.1, 0.15) is 5.54 Å². The summed E-state index contributed by atoms with van der Waals surface area (Å²) in [6.07, 6.45) is 2.04. The summed E-state index contributed by atoms with van der Waals surface area (Å²) in [4.78, 5) is 12.8. The predicted molar refractivity (Wildman–Crippen MR) is 91.0 cm³/mol. The minimum Gasteiger partial charge on any atom is -0.377 e. The van der Waals surface area contributed by atoms with Gasteiger partial charge >= 0.3 is 0 Å². The van der Waals surface area contributed by atoms with Crippen LogP contribution in [-0.2, 0) is 9.53 Å². The Kier molecular flexibility index (Phi) is 3.78. The van der Waals surface area contributed by atoms with Crippen LogP contribution in [0.4, 0.5) is 5.69 Å². The second-order valence-corrected chi connectivity index (χ2v) is 7.84. The van der Waals surface area contributed by atoms with Crippen molar-refractivity contribution >= 4 is 34.2 Å². The number of halogens is 1. The number of benzene rings is 1.